The zero-order valence-electron chi connectivity index (χ0n) is 9.74. The molecule has 0 radical (unpaired) electrons. The van der Waals surface area contributed by atoms with E-state index in [1.807, 2.05) is 0 Å². The van der Waals surface area contributed by atoms with Crippen molar-refractivity contribution in [3.8, 4) is 0 Å². The fourth-order valence-electron chi connectivity index (χ4n) is 1.47. The normalized spacial score (nSPS) is 10.1. The van der Waals surface area contributed by atoms with Gasteiger partial charge in [-0.15, -0.1) is 0 Å². The van der Waals surface area contributed by atoms with Gasteiger partial charge in [0, 0.05) is 0 Å². The molecular formula is C14H10O4Se. The second kappa shape index (κ2) is 5.69. The summed E-state index contributed by atoms with van der Waals surface area (Å²) < 4.78 is 2.08. The van der Waals surface area contributed by atoms with Gasteiger partial charge in [-0.25, -0.2) is 0 Å². The molecule has 0 aliphatic carbocycles. The Kier molecular flexibility index (Phi) is 4.00. The molecule has 0 heterocycles. The summed E-state index contributed by atoms with van der Waals surface area (Å²) >= 11 is 0.0358. The molecule has 5 heteroatoms. The van der Waals surface area contributed by atoms with Crippen molar-refractivity contribution < 1.29 is 19.8 Å². The van der Waals surface area contributed by atoms with Gasteiger partial charge in [0.25, 0.3) is 0 Å². The summed E-state index contributed by atoms with van der Waals surface area (Å²) in [6, 6.07) is 13.4. The van der Waals surface area contributed by atoms with Gasteiger partial charge in [-0.2, -0.15) is 0 Å². The predicted molar refractivity (Wildman–Crippen MR) is 71.8 cm³/mol. The molecule has 0 unspecified atom stereocenters. The van der Waals surface area contributed by atoms with E-state index in [0.717, 1.165) is 8.92 Å². The van der Waals surface area contributed by atoms with Crippen molar-refractivity contribution in [3.63, 3.8) is 0 Å². The molecule has 0 aliphatic heterocycles. The van der Waals surface area contributed by atoms with Crippen LogP contribution in [0, 0.1) is 0 Å². The molecule has 0 saturated heterocycles. The third kappa shape index (κ3) is 3.44. The average molecular weight is 321 g/mol. The Labute approximate surface area is 115 Å². The molecule has 0 amide bonds. The van der Waals surface area contributed by atoms with Gasteiger partial charge in [0.1, 0.15) is 0 Å². The van der Waals surface area contributed by atoms with Gasteiger partial charge >= 0.3 is 115 Å². The van der Waals surface area contributed by atoms with Crippen molar-refractivity contribution >= 4 is 35.8 Å². The summed E-state index contributed by atoms with van der Waals surface area (Å²) in [4.78, 5) is 21.4. The van der Waals surface area contributed by atoms with E-state index >= 15 is 0 Å². The van der Waals surface area contributed by atoms with Crippen LogP contribution < -0.4 is 8.92 Å². The maximum absolute atomic E-state index is 10.7. The van der Waals surface area contributed by atoms with E-state index in [0.29, 0.717) is 0 Å². The van der Waals surface area contributed by atoms with E-state index in [4.69, 9.17) is 10.2 Å². The molecule has 2 aromatic carbocycles. The molecule has 2 N–H and O–H groups in total. The van der Waals surface area contributed by atoms with Crippen molar-refractivity contribution in [3.05, 3.63) is 59.7 Å². The molecule has 0 bridgehead atoms. The van der Waals surface area contributed by atoms with E-state index in [2.05, 4.69) is 0 Å². The Bertz CT molecular complexity index is 547. The average Bonchev–Trinajstić information content (AvgIpc) is 2.40. The van der Waals surface area contributed by atoms with Crippen LogP contribution >= 0.6 is 0 Å². The predicted octanol–water partition coefficient (Wildman–Crippen LogP) is 0.738. The number of benzene rings is 2. The van der Waals surface area contributed by atoms with Gasteiger partial charge in [0.2, 0.25) is 0 Å². The number of hydrogen-bond donors (Lipinski definition) is 2. The summed E-state index contributed by atoms with van der Waals surface area (Å²) in [6.07, 6.45) is 0. The Hall–Kier alpha value is -2.10. The number of carbonyl (C=O) groups is 2. The summed E-state index contributed by atoms with van der Waals surface area (Å²) in [5, 5.41) is 17.6. The molecule has 2 aromatic rings. The minimum absolute atomic E-state index is 0.0358. The van der Waals surface area contributed by atoms with Crippen LogP contribution in [0.15, 0.2) is 48.5 Å². The topological polar surface area (TPSA) is 74.6 Å². The quantitative estimate of drug-likeness (QED) is 0.815. The Balaban J connectivity index is 2.12. The van der Waals surface area contributed by atoms with Crippen molar-refractivity contribution in [2.45, 2.75) is 0 Å². The van der Waals surface area contributed by atoms with Crippen LogP contribution in [0.3, 0.4) is 0 Å². The van der Waals surface area contributed by atoms with Gasteiger partial charge in [0.05, 0.1) is 0 Å². The fourth-order valence-corrected chi connectivity index (χ4v) is 3.18. The second-order valence-electron chi connectivity index (χ2n) is 3.76. The molecule has 19 heavy (non-hydrogen) atoms. The molecular weight excluding hydrogens is 311 g/mol. The van der Waals surface area contributed by atoms with Crippen LogP contribution in [0.2, 0.25) is 0 Å². The standard InChI is InChI=1S/C14H10O4Se/c15-13(16)9-1-5-11(6-2-9)19-12-7-3-10(4-8-12)14(17)18/h1-8H,(H,15,16)(H,17,18). The van der Waals surface area contributed by atoms with Crippen LogP contribution in [0.4, 0.5) is 0 Å². The first-order chi connectivity index (χ1) is 9.06. The van der Waals surface area contributed by atoms with Gasteiger partial charge in [-0.3, -0.25) is 0 Å². The monoisotopic (exact) mass is 322 g/mol. The van der Waals surface area contributed by atoms with Crippen molar-refractivity contribution in [1.29, 1.82) is 0 Å². The molecule has 0 aliphatic rings. The summed E-state index contributed by atoms with van der Waals surface area (Å²) in [5.41, 5.74) is 0.529. The number of aromatic carboxylic acids is 2. The zero-order chi connectivity index (χ0) is 13.8. The Morgan fingerprint density at radius 1 is 0.684 bits per heavy atom. The van der Waals surface area contributed by atoms with Crippen LogP contribution in [0.1, 0.15) is 20.7 Å². The third-order valence-corrected chi connectivity index (χ3v) is 4.57. The Morgan fingerprint density at radius 3 is 1.26 bits per heavy atom. The molecule has 0 aromatic heterocycles. The van der Waals surface area contributed by atoms with E-state index in [-0.39, 0.29) is 26.1 Å². The summed E-state index contributed by atoms with van der Waals surface area (Å²) in [6.45, 7) is 0. The third-order valence-electron chi connectivity index (χ3n) is 2.44. The molecule has 96 valence electrons. The Morgan fingerprint density at radius 2 is 1.00 bits per heavy atom. The minimum atomic E-state index is -0.940. The van der Waals surface area contributed by atoms with Gasteiger partial charge in [-0.1, -0.05) is 0 Å². The van der Waals surface area contributed by atoms with E-state index < -0.39 is 11.9 Å². The van der Waals surface area contributed by atoms with Crippen LogP contribution in [-0.4, -0.2) is 37.1 Å². The fraction of sp³-hybridized carbons (Fsp3) is 0. The van der Waals surface area contributed by atoms with Crippen molar-refractivity contribution in [2.24, 2.45) is 0 Å². The number of rotatable bonds is 4. The first-order valence-corrected chi connectivity index (χ1v) is 7.12. The first-order valence-electron chi connectivity index (χ1n) is 5.41. The van der Waals surface area contributed by atoms with E-state index in [9.17, 15) is 9.59 Å². The SMILES string of the molecule is O=C(O)c1ccc([Se]c2ccc(C(=O)O)cc2)cc1. The molecule has 0 fully saturated rings. The van der Waals surface area contributed by atoms with E-state index in [1.165, 1.54) is 0 Å². The van der Waals surface area contributed by atoms with Crippen LogP contribution in [0.25, 0.3) is 0 Å². The van der Waals surface area contributed by atoms with Crippen molar-refractivity contribution in [1.82, 2.24) is 0 Å². The second-order valence-corrected chi connectivity index (χ2v) is 6.17. The molecule has 0 atom stereocenters. The summed E-state index contributed by atoms with van der Waals surface area (Å²) in [7, 11) is 0. The number of carboxylic acids is 2. The maximum atomic E-state index is 10.7. The number of hydrogen-bond acceptors (Lipinski definition) is 2. The van der Waals surface area contributed by atoms with Gasteiger partial charge in [0.15, 0.2) is 0 Å². The van der Waals surface area contributed by atoms with E-state index in [1.54, 1.807) is 48.5 Å². The molecule has 2 rings (SSSR count). The molecule has 4 nitrogen and oxygen atoms in total. The first kappa shape index (κ1) is 13.3. The molecule has 0 spiro atoms. The van der Waals surface area contributed by atoms with Crippen LogP contribution in [0.5, 0.6) is 0 Å². The summed E-state index contributed by atoms with van der Waals surface area (Å²) in [5.74, 6) is -1.88. The molecule has 0 saturated carbocycles. The van der Waals surface area contributed by atoms with Gasteiger partial charge < -0.3 is 0 Å². The van der Waals surface area contributed by atoms with Gasteiger partial charge in [-0.05, 0) is 0 Å². The number of carboxylic acid groups (broad SMARTS) is 2. The van der Waals surface area contributed by atoms with Crippen LogP contribution in [-0.2, 0) is 0 Å². The zero-order valence-corrected chi connectivity index (χ0v) is 11.5. The van der Waals surface area contributed by atoms with Crippen molar-refractivity contribution in [2.75, 3.05) is 0 Å².